The van der Waals surface area contributed by atoms with Gasteiger partial charge in [-0.05, 0) is 57.5 Å². The molecular weight excluding hydrogens is 336 g/mol. The molecule has 2 aromatic carbocycles. The summed E-state index contributed by atoms with van der Waals surface area (Å²) < 4.78 is 11.7. The van der Waals surface area contributed by atoms with E-state index in [1.54, 1.807) is 0 Å². The van der Waals surface area contributed by atoms with Crippen LogP contribution in [0.3, 0.4) is 0 Å². The first-order valence-corrected chi connectivity index (χ1v) is 10.3. The number of fused-ring (bicyclic) bond motifs is 1. The number of nitrogens with zero attached hydrogens (tertiary/aromatic N) is 1. The number of hydrogen-bond acceptors (Lipinski definition) is 3. The van der Waals surface area contributed by atoms with Gasteiger partial charge in [0, 0.05) is 36.3 Å². The van der Waals surface area contributed by atoms with E-state index in [4.69, 9.17) is 9.47 Å². The Hall–Kier alpha value is -2.20. The molecule has 0 unspecified atom stereocenters. The van der Waals surface area contributed by atoms with Crippen molar-refractivity contribution in [1.29, 1.82) is 0 Å². The summed E-state index contributed by atoms with van der Waals surface area (Å²) in [5.74, 6) is 1.73. The zero-order chi connectivity index (χ0) is 19.2. The molecule has 2 aromatic rings. The van der Waals surface area contributed by atoms with E-state index in [1.165, 1.54) is 22.4 Å². The third-order valence-electron chi connectivity index (χ3n) is 5.34. The van der Waals surface area contributed by atoms with E-state index in [1.807, 2.05) is 13.8 Å². The lowest BCUT2D eigenvalue weighted by molar-refractivity contribution is -0.690. The number of ether oxygens (including phenoxy) is 2. The van der Waals surface area contributed by atoms with Crippen LogP contribution in [0.15, 0.2) is 36.4 Å². The molecule has 27 heavy (non-hydrogen) atoms. The van der Waals surface area contributed by atoms with Gasteiger partial charge >= 0.3 is 0 Å². The number of hydrogen-bond donors (Lipinski definition) is 1. The zero-order valence-corrected chi connectivity index (χ0v) is 17.1. The van der Waals surface area contributed by atoms with Crippen molar-refractivity contribution in [3.63, 3.8) is 0 Å². The first kappa shape index (κ1) is 19.6. The Morgan fingerprint density at radius 3 is 2.15 bits per heavy atom. The zero-order valence-electron chi connectivity index (χ0n) is 17.1. The summed E-state index contributed by atoms with van der Waals surface area (Å²) >= 11 is 0. The van der Waals surface area contributed by atoms with Crippen LogP contribution in [0.5, 0.6) is 11.5 Å². The van der Waals surface area contributed by atoms with Crippen molar-refractivity contribution < 1.29 is 14.8 Å². The standard InChI is InChI=1S/C23H32N2O2/c1-5-25(6-2)19-11-9-17(10-12-19)23-20-16-22(27-8-4)21(26-7-3)15-18(20)13-14-24-23/h9-12,15-16,23-24H,5-8,13-14H2,1-4H3/p+1/t23-/m1/s1. The molecule has 1 heterocycles. The highest BCUT2D eigenvalue weighted by molar-refractivity contribution is 5.52. The smallest absolute Gasteiger partial charge is 0.161 e. The molecule has 0 saturated carbocycles. The summed E-state index contributed by atoms with van der Waals surface area (Å²) in [5.41, 5.74) is 5.37. The molecule has 3 rings (SSSR count). The molecule has 0 saturated heterocycles. The van der Waals surface area contributed by atoms with Gasteiger partial charge in [-0.2, -0.15) is 0 Å². The van der Waals surface area contributed by atoms with E-state index in [2.05, 4.69) is 60.5 Å². The third kappa shape index (κ3) is 4.22. The molecular formula is C23H33N2O2+. The van der Waals surface area contributed by atoms with Crippen molar-refractivity contribution in [2.45, 2.75) is 40.2 Å². The van der Waals surface area contributed by atoms with Crippen LogP contribution in [-0.2, 0) is 6.42 Å². The topological polar surface area (TPSA) is 38.3 Å². The van der Waals surface area contributed by atoms with E-state index >= 15 is 0 Å². The van der Waals surface area contributed by atoms with Crippen LogP contribution in [0.25, 0.3) is 0 Å². The van der Waals surface area contributed by atoms with E-state index in [0.29, 0.717) is 19.3 Å². The predicted octanol–water partition coefficient (Wildman–Crippen LogP) is 3.54. The summed E-state index contributed by atoms with van der Waals surface area (Å²) in [6.45, 7) is 12.9. The van der Waals surface area contributed by atoms with E-state index < -0.39 is 0 Å². The van der Waals surface area contributed by atoms with Crippen LogP contribution in [0.2, 0.25) is 0 Å². The summed E-state index contributed by atoms with van der Waals surface area (Å²) in [6, 6.07) is 13.8. The second-order valence-corrected chi connectivity index (χ2v) is 6.88. The molecule has 1 atom stereocenters. The lowest BCUT2D eigenvalue weighted by atomic mass is 9.89. The Kier molecular flexibility index (Phi) is 6.62. The largest absolute Gasteiger partial charge is 0.490 e. The van der Waals surface area contributed by atoms with Crippen molar-refractivity contribution in [3.8, 4) is 11.5 Å². The minimum Gasteiger partial charge on any atom is -0.490 e. The lowest BCUT2D eigenvalue weighted by Gasteiger charge is -2.27. The number of quaternary nitrogens is 1. The van der Waals surface area contributed by atoms with Crippen molar-refractivity contribution >= 4 is 5.69 Å². The molecule has 146 valence electrons. The van der Waals surface area contributed by atoms with Gasteiger partial charge in [-0.15, -0.1) is 0 Å². The number of benzene rings is 2. The van der Waals surface area contributed by atoms with Crippen LogP contribution in [-0.4, -0.2) is 32.8 Å². The van der Waals surface area contributed by atoms with Gasteiger partial charge in [0.2, 0.25) is 0 Å². The molecule has 1 aliphatic heterocycles. The minimum atomic E-state index is 0.314. The summed E-state index contributed by atoms with van der Waals surface area (Å²) in [7, 11) is 0. The summed E-state index contributed by atoms with van der Waals surface area (Å²) in [5, 5.41) is 2.44. The number of anilines is 1. The fourth-order valence-corrected chi connectivity index (χ4v) is 3.99. The Labute approximate surface area is 163 Å². The van der Waals surface area contributed by atoms with Crippen LogP contribution in [0.1, 0.15) is 50.4 Å². The highest BCUT2D eigenvalue weighted by Gasteiger charge is 2.27. The summed E-state index contributed by atoms with van der Waals surface area (Å²) in [4.78, 5) is 2.38. The van der Waals surface area contributed by atoms with E-state index in [0.717, 1.165) is 37.6 Å². The predicted molar refractivity (Wildman–Crippen MR) is 111 cm³/mol. The maximum Gasteiger partial charge on any atom is 0.161 e. The molecule has 0 bridgehead atoms. The van der Waals surface area contributed by atoms with Crippen molar-refractivity contribution in [1.82, 2.24) is 0 Å². The second-order valence-electron chi connectivity index (χ2n) is 6.88. The Balaban J connectivity index is 1.94. The first-order chi connectivity index (χ1) is 13.2. The Morgan fingerprint density at radius 2 is 1.56 bits per heavy atom. The number of rotatable bonds is 8. The average Bonchev–Trinajstić information content (AvgIpc) is 2.70. The van der Waals surface area contributed by atoms with Crippen molar-refractivity contribution in [3.05, 3.63) is 53.1 Å². The van der Waals surface area contributed by atoms with E-state index in [9.17, 15) is 0 Å². The Morgan fingerprint density at radius 1 is 0.926 bits per heavy atom. The van der Waals surface area contributed by atoms with Gasteiger partial charge in [-0.3, -0.25) is 0 Å². The molecule has 4 heteroatoms. The molecule has 0 fully saturated rings. The van der Waals surface area contributed by atoms with E-state index in [-0.39, 0.29) is 0 Å². The van der Waals surface area contributed by atoms with Gasteiger partial charge < -0.3 is 19.7 Å². The van der Waals surface area contributed by atoms with Gasteiger partial charge in [0.15, 0.2) is 11.5 Å². The molecule has 1 aliphatic rings. The minimum absolute atomic E-state index is 0.314. The highest BCUT2D eigenvalue weighted by Crippen LogP contribution is 2.36. The average molecular weight is 370 g/mol. The third-order valence-corrected chi connectivity index (χ3v) is 5.34. The maximum atomic E-state index is 5.87. The molecule has 0 aliphatic carbocycles. The van der Waals surface area contributed by atoms with Crippen LogP contribution in [0, 0.1) is 0 Å². The molecule has 0 radical (unpaired) electrons. The van der Waals surface area contributed by atoms with Gasteiger partial charge in [-0.1, -0.05) is 12.1 Å². The van der Waals surface area contributed by atoms with Gasteiger partial charge in [0.25, 0.3) is 0 Å². The fourth-order valence-electron chi connectivity index (χ4n) is 3.99. The second kappa shape index (κ2) is 9.14. The van der Waals surface area contributed by atoms with Crippen LogP contribution >= 0.6 is 0 Å². The molecule has 0 amide bonds. The highest BCUT2D eigenvalue weighted by atomic mass is 16.5. The van der Waals surface area contributed by atoms with Crippen LogP contribution in [0.4, 0.5) is 5.69 Å². The van der Waals surface area contributed by atoms with Gasteiger partial charge in [-0.25, -0.2) is 0 Å². The van der Waals surface area contributed by atoms with Gasteiger partial charge in [0.05, 0.1) is 19.8 Å². The van der Waals surface area contributed by atoms with Crippen molar-refractivity contribution in [2.24, 2.45) is 0 Å². The Bertz CT molecular complexity index is 739. The number of nitrogens with two attached hydrogens (primary N) is 1. The SMILES string of the molecule is CCOc1cc2c(cc1OCC)[C@@H](c1ccc(N(CC)CC)cc1)[NH2+]CC2. The fraction of sp³-hybridized carbons (Fsp3) is 0.478. The quantitative estimate of drug-likeness (QED) is 0.773. The molecule has 2 N–H and O–H groups in total. The maximum absolute atomic E-state index is 5.87. The molecule has 4 nitrogen and oxygen atoms in total. The lowest BCUT2D eigenvalue weighted by Crippen LogP contribution is -2.87. The normalized spacial score (nSPS) is 15.9. The summed E-state index contributed by atoms with van der Waals surface area (Å²) in [6.07, 6.45) is 1.07. The van der Waals surface area contributed by atoms with Crippen molar-refractivity contribution in [2.75, 3.05) is 37.7 Å². The molecule has 0 spiro atoms. The monoisotopic (exact) mass is 369 g/mol. The molecule has 0 aromatic heterocycles. The van der Waals surface area contributed by atoms with Gasteiger partial charge in [0.1, 0.15) is 6.04 Å². The first-order valence-electron chi connectivity index (χ1n) is 10.3. The van der Waals surface area contributed by atoms with Crippen LogP contribution < -0.4 is 19.7 Å².